The van der Waals surface area contributed by atoms with Crippen LogP contribution in [0.2, 0.25) is 0 Å². The van der Waals surface area contributed by atoms with Gasteiger partial charge in [0.1, 0.15) is 15.5 Å². The fraction of sp³-hybridized carbons (Fsp3) is 0.100. The van der Waals surface area contributed by atoms with Gasteiger partial charge in [-0.3, -0.25) is 10.1 Å². The summed E-state index contributed by atoms with van der Waals surface area (Å²) in [6.45, 7) is 1.76. The number of amides is 1. The van der Waals surface area contributed by atoms with Gasteiger partial charge < -0.3 is 5.73 Å². The van der Waals surface area contributed by atoms with Crippen LogP contribution in [-0.2, 0) is 0 Å². The van der Waals surface area contributed by atoms with Gasteiger partial charge >= 0.3 is 0 Å². The molecule has 3 N–H and O–H groups in total. The molecule has 3 heterocycles. The van der Waals surface area contributed by atoms with Crippen LogP contribution in [0.3, 0.4) is 0 Å². The molecule has 0 saturated carbocycles. The highest BCUT2D eigenvalue weighted by molar-refractivity contribution is 7.21. The van der Waals surface area contributed by atoms with E-state index in [1.807, 2.05) is 0 Å². The van der Waals surface area contributed by atoms with Gasteiger partial charge in [-0.2, -0.15) is 9.47 Å². The lowest BCUT2D eigenvalue weighted by atomic mass is 10.3. The topological polar surface area (TPSA) is 107 Å². The molecule has 0 spiro atoms. The lowest BCUT2D eigenvalue weighted by Crippen LogP contribution is -2.11. The lowest BCUT2D eigenvalue weighted by molar-refractivity contribution is 0.103. The van der Waals surface area contributed by atoms with Crippen LogP contribution >= 0.6 is 22.9 Å². The van der Waals surface area contributed by atoms with E-state index < -0.39 is 0 Å². The van der Waals surface area contributed by atoms with Gasteiger partial charge in [0.2, 0.25) is 5.13 Å². The average molecular weight is 292 g/mol. The molecule has 96 valence electrons. The molecule has 0 aliphatic carbocycles. The van der Waals surface area contributed by atoms with E-state index in [2.05, 4.69) is 24.9 Å². The van der Waals surface area contributed by atoms with E-state index in [9.17, 15) is 4.79 Å². The Morgan fingerprint density at radius 2 is 2.32 bits per heavy atom. The fourth-order valence-electron chi connectivity index (χ4n) is 1.54. The molecule has 0 bridgehead atoms. The Morgan fingerprint density at radius 3 is 3.00 bits per heavy atom. The van der Waals surface area contributed by atoms with Crippen molar-refractivity contribution >= 4 is 49.8 Å². The maximum absolute atomic E-state index is 12.1. The van der Waals surface area contributed by atoms with Gasteiger partial charge in [0.05, 0.1) is 11.9 Å². The van der Waals surface area contributed by atoms with E-state index in [1.165, 1.54) is 11.3 Å². The van der Waals surface area contributed by atoms with E-state index >= 15 is 0 Å². The molecule has 0 saturated heterocycles. The van der Waals surface area contributed by atoms with Crippen molar-refractivity contribution < 1.29 is 4.79 Å². The normalized spacial score (nSPS) is 10.8. The number of nitrogens with zero attached hydrogens (tertiary/aromatic N) is 4. The van der Waals surface area contributed by atoms with Crippen LogP contribution in [0.25, 0.3) is 10.2 Å². The number of carbonyl (C=O) groups excluding carboxylic acids is 1. The highest BCUT2D eigenvalue weighted by atomic mass is 32.1. The standard InChI is InChI=1S/C10H8N6OS2/c1-4-13-10(19-16-4)14-8(17)7-6(11)5-2-3-12-15-9(5)18-7/h2-3H,11H2,1H3,(H,13,14,16,17). The van der Waals surface area contributed by atoms with E-state index in [-0.39, 0.29) is 5.91 Å². The summed E-state index contributed by atoms with van der Waals surface area (Å²) in [6.07, 6.45) is 1.54. The summed E-state index contributed by atoms with van der Waals surface area (Å²) in [5.41, 5.74) is 6.36. The Labute approximate surface area is 115 Å². The molecule has 9 heteroatoms. The van der Waals surface area contributed by atoms with Crippen LogP contribution in [0, 0.1) is 6.92 Å². The van der Waals surface area contributed by atoms with Crippen LogP contribution in [0.5, 0.6) is 0 Å². The van der Waals surface area contributed by atoms with Crippen molar-refractivity contribution in [3.8, 4) is 0 Å². The molecule has 0 fully saturated rings. The number of carbonyl (C=O) groups is 1. The Balaban J connectivity index is 1.95. The van der Waals surface area contributed by atoms with E-state index in [0.717, 1.165) is 16.9 Å². The summed E-state index contributed by atoms with van der Waals surface area (Å²) in [5.74, 6) is 0.312. The summed E-state index contributed by atoms with van der Waals surface area (Å²) in [6, 6.07) is 1.74. The minimum atomic E-state index is -0.309. The van der Waals surface area contributed by atoms with Gasteiger partial charge in [0.15, 0.2) is 0 Å². The van der Waals surface area contributed by atoms with E-state index in [1.54, 1.807) is 19.2 Å². The quantitative estimate of drug-likeness (QED) is 0.744. The van der Waals surface area contributed by atoms with Crippen LogP contribution < -0.4 is 11.1 Å². The number of aromatic nitrogens is 4. The predicted octanol–water partition coefficient (Wildman–Crippen LogP) is 1.69. The molecule has 7 nitrogen and oxygen atoms in total. The minimum Gasteiger partial charge on any atom is -0.397 e. The molecule has 0 aromatic carbocycles. The zero-order chi connectivity index (χ0) is 13.4. The van der Waals surface area contributed by atoms with Crippen LogP contribution in [0.4, 0.5) is 10.8 Å². The number of nitrogens with one attached hydrogen (secondary N) is 1. The lowest BCUT2D eigenvalue weighted by Gasteiger charge is -1.99. The second kappa shape index (κ2) is 4.52. The molecular formula is C10H8N6OS2. The number of aryl methyl sites for hydroxylation is 1. The largest absolute Gasteiger partial charge is 0.397 e. The molecule has 1 amide bonds. The number of nitrogen functional groups attached to an aromatic ring is 1. The van der Waals surface area contributed by atoms with Gasteiger partial charge in [0.25, 0.3) is 5.91 Å². The molecule has 0 atom stereocenters. The van der Waals surface area contributed by atoms with Crippen molar-refractivity contribution in [2.45, 2.75) is 6.92 Å². The first-order valence-electron chi connectivity index (χ1n) is 5.26. The van der Waals surface area contributed by atoms with Crippen molar-refractivity contribution in [3.63, 3.8) is 0 Å². The summed E-state index contributed by atoms with van der Waals surface area (Å²) in [7, 11) is 0. The number of fused-ring (bicyclic) bond motifs is 1. The zero-order valence-electron chi connectivity index (χ0n) is 9.75. The van der Waals surface area contributed by atoms with Gasteiger partial charge in [-0.05, 0) is 13.0 Å². The number of anilines is 2. The van der Waals surface area contributed by atoms with Gasteiger partial charge in [-0.1, -0.05) is 0 Å². The molecular weight excluding hydrogens is 284 g/mol. The maximum atomic E-state index is 12.1. The number of hydrogen-bond donors (Lipinski definition) is 2. The van der Waals surface area contributed by atoms with Gasteiger partial charge in [-0.15, -0.1) is 16.4 Å². The van der Waals surface area contributed by atoms with Crippen LogP contribution in [-0.4, -0.2) is 25.5 Å². The second-order valence-corrected chi connectivity index (χ2v) is 5.45. The monoisotopic (exact) mass is 292 g/mol. The molecule has 0 unspecified atom stereocenters. The molecule has 3 aromatic rings. The van der Waals surface area contributed by atoms with Crippen molar-refractivity contribution in [1.82, 2.24) is 19.6 Å². The Kier molecular flexibility index (Phi) is 2.84. The van der Waals surface area contributed by atoms with Crippen molar-refractivity contribution in [2.24, 2.45) is 0 Å². The second-order valence-electron chi connectivity index (χ2n) is 3.70. The molecule has 0 aliphatic rings. The van der Waals surface area contributed by atoms with Gasteiger partial charge in [0, 0.05) is 16.9 Å². The summed E-state index contributed by atoms with van der Waals surface area (Å²) in [4.78, 5) is 17.2. The fourth-order valence-corrected chi connectivity index (χ4v) is 3.05. The summed E-state index contributed by atoms with van der Waals surface area (Å²) < 4.78 is 3.99. The number of rotatable bonds is 2. The predicted molar refractivity (Wildman–Crippen MR) is 74.4 cm³/mol. The zero-order valence-corrected chi connectivity index (χ0v) is 11.4. The van der Waals surface area contributed by atoms with Crippen molar-refractivity contribution in [1.29, 1.82) is 0 Å². The number of nitrogens with two attached hydrogens (primary N) is 1. The minimum absolute atomic E-state index is 0.309. The third kappa shape index (κ3) is 2.13. The van der Waals surface area contributed by atoms with Crippen molar-refractivity contribution in [3.05, 3.63) is 23.0 Å². The third-order valence-electron chi connectivity index (χ3n) is 2.37. The van der Waals surface area contributed by atoms with Crippen LogP contribution in [0.1, 0.15) is 15.5 Å². The third-order valence-corrected chi connectivity index (χ3v) is 4.20. The summed E-state index contributed by atoms with van der Waals surface area (Å²) in [5, 5.41) is 11.6. The average Bonchev–Trinajstić information content (AvgIpc) is 2.94. The van der Waals surface area contributed by atoms with Crippen LogP contribution in [0.15, 0.2) is 12.3 Å². The summed E-state index contributed by atoms with van der Waals surface area (Å²) >= 11 is 2.33. The SMILES string of the molecule is Cc1nsc(NC(=O)c2sc3nnccc3c2N)n1. The number of hydrogen-bond acceptors (Lipinski definition) is 8. The molecule has 0 aliphatic heterocycles. The highest BCUT2D eigenvalue weighted by Gasteiger charge is 2.18. The van der Waals surface area contributed by atoms with E-state index in [4.69, 9.17) is 5.73 Å². The smallest absolute Gasteiger partial charge is 0.269 e. The van der Waals surface area contributed by atoms with Crippen molar-refractivity contribution in [2.75, 3.05) is 11.1 Å². The van der Waals surface area contributed by atoms with Gasteiger partial charge in [-0.25, -0.2) is 4.98 Å². The molecule has 19 heavy (non-hydrogen) atoms. The molecule has 3 aromatic heterocycles. The van der Waals surface area contributed by atoms with E-state index in [0.29, 0.717) is 26.4 Å². The first kappa shape index (κ1) is 11.9. The number of thiophene rings is 1. The maximum Gasteiger partial charge on any atom is 0.269 e. The first-order chi connectivity index (χ1) is 9.15. The molecule has 3 rings (SSSR count). The Morgan fingerprint density at radius 1 is 1.47 bits per heavy atom. The first-order valence-corrected chi connectivity index (χ1v) is 6.85. The Bertz CT molecular complexity index is 764. The molecule has 0 radical (unpaired) electrons. The Hall–Kier alpha value is -2.13. The highest BCUT2D eigenvalue weighted by Crippen LogP contribution is 2.32.